The number of amides is 2. The topological polar surface area (TPSA) is 103 Å². The lowest BCUT2D eigenvalue weighted by atomic mass is 10.1. The van der Waals surface area contributed by atoms with Gasteiger partial charge in [-0.1, -0.05) is 24.1 Å². The van der Waals surface area contributed by atoms with Crippen LogP contribution >= 0.6 is 0 Å². The van der Waals surface area contributed by atoms with Crippen LogP contribution in [0.25, 0.3) is 0 Å². The molecule has 3 aromatic rings. The monoisotopic (exact) mass is 470 g/mol. The van der Waals surface area contributed by atoms with E-state index in [2.05, 4.69) is 27.1 Å². The van der Waals surface area contributed by atoms with Crippen molar-refractivity contribution in [1.82, 2.24) is 15.3 Å². The van der Waals surface area contributed by atoms with Crippen molar-refractivity contribution in [2.24, 2.45) is 5.92 Å². The number of nitrogens with one attached hydrogen (secondary N) is 1. The molecule has 1 aromatic carbocycles. The summed E-state index contributed by atoms with van der Waals surface area (Å²) in [5.74, 6) is 7.31. The molecule has 2 aliphatic heterocycles. The average molecular weight is 470 g/mol. The molecule has 0 aliphatic carbocycles. The van der Waals surface area contributed by atoms with Gasteiger partial charge in [0.2, 0.25) is 0 Å². The predicted molar refractivity (Wildman–Crippen MR) is 126 cm³/mol. The molecule has 0 spiro atoms. The summed E-state index contributed by atoms with van der Waals surface area (Å²) in [6, 6.07) is 14.9. The lowest BCUT2D eigenvalue weighted by molar-refractivity contribution is -0.120. The Hall–Kier alpha value is -4.42. The molecule has 35 heavy (non-hydrogen) atoms. The molecule has 1 unspecified atom stereocenters. The molecule has 9 heteroatoms. The number of hydrogen-bond acceptors (Lipinski definition) is 7. The second-order valence-corrected chi connectivity index (χ2v) is 8.05. The summed E-state index contributed by atoms with van der Waals surface area (Å²) in [5, 5.41) is 2.71. The number of likely N-dealkylation sites (N-methyl/N-ethyl adjacent to an activating group) is 1. The van der Waals surface area contributed by atoms with Gasteiger partial charge in [-0.05, 0) is 36.3 Å². The van der Waals surface area contributed by atoms with Gasteiger partial charge in [-0.2, -0.15) is 0 Å². The highest BCUT2D eigenvalue weighted by molar-refractivity contribution is 6.02. The van der Waals surface area contributed by atoms with Gasteiger partial charge in [-0.15, -0.1) is 0 Å². The lowest BCUT2D eigenvalue weighted by Gasteiger charge is -2.20. The summed E-state index contributed by atoms with van der Waals surface area (Å²) in [7, 11) is 1.59. The van der Waals surface area contributed by atoms with Crippen LogP contribution in [-0.4, -0.2) is 54.7 Å². The van der Waals surface area contributed by atoms with Crippen molar-refractivity contribution in [2.45, 2.75) is 6.04 Å². The van der Waals surface area contributed by atoms with Crippen LogP contribution in [-0.2, 0) is 9.53 Å². The maximum absolute atomic E-state index is 13.1. The van der Waals surface area contributed by atoms with Crippen LogP contribution in [0.15, 0.2) is 60.8 Å². The van der Waals surface area contributed by atoms with Crippen molar-refractivity contribution >= 4 is 17.6 Å². The molecular weight excluding hydrogens is 448 g/mol. The van der Waals surface area contributed by atoms with Gasteiger partial charge in [0.15, 0.2) is 11.6 Å². The van der Waals surface area contributed by atoms with E-state index in [1.54, 1.807) is 25.2 Å². The van der Waals surface area contributed by atoms with E-state index in [1.165, 1.54) is 17.2 Å². The Morgan fingerprint density at radius 3 is 2.71 bits per heavy atom. The van der Waals surface area contributed by atoms with Crippen molar-refractivity contribution in [3.05, 3.63) is 72.2 Å². The summed E-state index contributed by atoms with van der Waals surface area (Å²) in [4.78, 5) is 36.0. The Morgan fingerprint density at radius 1 is 1.11 bits per heavy atom. The first-order valence-electron chi connectivity index (χ1n) is 11.1. The Morgan fingerprint density at radius 2 is 1.94 bits per heavy atom. The smallest absolute Gasteiger partial charge is 0.270 e. The van der Waals surface area contributed by atoms with Crippen LogP contribution < -0.4 is 19.7 Å². The van der Waals surface area contributed by atoms with Crippen LogP contribution in [0.5, 0.6) is 17.2 Å². The number of nitrogens with zero attached hydrogens (tertiary/aromatic N) is 3. The Kier molecular flexibility index (Phi) is 6.28. The molecular formula is C26H22N4O5. The van der Waals surface area contributed by atoms with Crippen LogP contribution in [0, 0.1) is 17.8 Å². The van der Waals surface area contributed by atoms with E-state index in [-0.39, 0.29) is 24.1 Å². The van der Waals surface area contributed by atoms with Gasteiger partial charge in [-0.25, -0.2) is 4.98 Å². The summed E-state index contributed by atoms with van der Waals surface area (Å²) >= 11 is 0. The summed E-state index contributed by atoms with van der Waals surface area (Å²) in [5.41, 5.74) is 0.645. The second-order valence-electron chi connectivity index (χ2n) is 8.05. The molecule has 176 valence electrons. The van der Waals surface area contributed by atoms with Crippen molar-refractivity contribution in [2.75, 3.05) is 31.8 Å². The quantitative estimate of drug-likeness (QED) is 0.584. The van der Waals surface area contributed by atoms with Crippen molar-refractivity contribution < 1.29 is 23.8 Å². The average Bonchev–Trinajstić information content (AvgIpc) is 2.96. The number of para-hydroxylation sites is 1. The normalized spacial score (nSPS) is 17.1. The first kappa shape index (κ1) is 22.4. The van der Waals surface area contributed by atoms with Gasteiger partial charge in [0.05, 0.1) is 19.1 Å². The minimum Gasteiger partial charge on any atom is -0.487 e. The van der Waals surface area contributed by atoms with E-state index in [4.69, 9.17) is 14.2 Å². The van der Waals surface area contributed by atoms with E-state index in [1.807, 2.05) is 30.3 Å². The van der Waals surface area contributed by atoms with Crippen LogP contribution in [0.2, 0.25) is 0 Å². The third kappa shape index (κ3) is 5.08. The molecule has 5 rings (SSSR count). The zero-order valence-electron chi connectivity index (χ0n) is 18.9. The zero-order chi connectivity index (χ0) is 24.2. The summed E-state index contributed by atoms with van der Waals surface area (Å²) in [6.45, 7) is 1.20. The first-order valence-corrected chi connectivity index (χ1v) is 11.1. The molecule has 1 fully saturated rings. The predicted octanol–water partition coefficient (Wildman–Crippen LogP) is 2.42. The number of fused-ring (bicyclic) bond motifs is 1. The largest absolute Gasteiger partial charge is 0.487 e. The highest BCUT2D eigenvalue weighted by Crippen LogP contribution is 2.29. The van der Waals surface area contributed by atoms with Gasteiger partial charge in [0, 0.05) is 19.3 Å². The number of carbonyl (C=O) groups excluding carboxylic acids is 2. The number of rotatable bonds is 4. The number of hydrogen-bond donors (Lipinski definition) is 1. The Balaban J connectivity index is 1.28. The molecule has 2 aliphatic rings. The Labute approximate surface area is 202 Å². The highest BCUT2D eigenvalue weighted by Gasteiger charge is 2.32. The fourth-order valence-electron chi connectivity index (χ4n) is 3.49. The van der Waals surface area contributed by atoms with Gasteiger partial charge in [0.1, 0.15) is 35.5 Å². The zero-order valence-corrected chi connectivity index (χ0v) is 18.9. The molecule has 4 heterocycles. The maximum atomic E-state index is 13.1. The maximum Gasteiger partial charge on any atom is 0.270 e. The molecule has 0 bridgehead atoms. The lowest BCUT2D eigenvalue weighted by Crippen LogP contribution is -2.49. The number of aromatic nitrogens is 2. The third-order valence-corrected chi connectivity index (χ3v) is 5.48. The highest BCUT2D eigenvalue weighted by atomic mass is 16.5. The third-order valence-electron chi connectivity index (χ3n) is 5.48. The van der Waals surface area contributed by atoms with Gasteiger partial charge < -0.3 is 19.5 Å². The number of pyridine rings is 2. The molecule has 2 aromatic heterocycles. The minimum absolute atomic E-state index is 0.0474. The number of ether oxygens (including phenoxy) is 3. The molecule has 2 amide bonds. The number of benzene rings is 1. The summed E-state index contributed by atoms with van der Waals surface area (Å²) < 4.78 is 16.7. The van der Waals surface area contributed by atoms with E-state index in [0.29, 0.717) is 42.0 Å². The van der Waals surface area contributed by atoms with Gasteiger partial charge >= 0.3 is 0 Å². The fraction of sp³-hybridized carbons (Fsp3) is 0.231. The summed E-state index contributed by atoms with van der Waals surface area (Å²) in [6.07, 6.45) is 1.47. The van der Waals surface area contributed by atoms with Crippen molar-refractivity contribution in [1.29, 1.82) is 0 Å². The van der Waals surface area contributed by atoms with E-state index >= 15 is 0 Å². The molecule has 1 atom stereocenters. The number of anilines is 1. The standard InChI is InChI=1S/C26H22N4O5/c1-30-24-23(10-9-18(28-24)8-7-17-14-33-15-17)34-16-22(26(30)32)29-25(31)21-13-20(11-12-27-21)35-19-5-3-2-4-6-19/h2-6,9-13,17,22H,14-16H2,1H3,(H,29,31). The van der Waals surface area contributed by atoms with Crippen LogP contribution in [0.1, 0.15) is 16.2 Å². The molecule has 0 radical (unpaired) electrons. The molecule has 1 N–H and O–H groups in total. The molecule has 9 nitrogen and oxygen atoms in total. The number of carbonyl (C=O) groups is 2. The van der Waals surface area contributed by atoms with Gasteiger partial charge in [-0.3, -0.25) is 19.5 Å². The fourth-order valence-corrected chi connectivity index (χ4v) is 3.49. The van der Waals surface area contributed by atoms with Crippen LogP contribution in [0.4, 0.5) is 5.82 Å². The van der Waals surface area contributed by atoms with Crippen molar-refractivity contribution in [3.63, 3.8) is 0 Å². The van der Waals surface area contributed by atoms with E-state index < -0.39 is 11.9 Å². The Bertz CT molecular complexity index is 1310. The SMILES string of the molecule is CN1C(=O)C(NC(=O)c2cc(Oc3ccccc3)ccn2)COc2ccc(C#CC3COC3)nc21. The van der Waals surface area contributed by atoms with Gasteiger partial charge in [0.25, 0.3) is 11.8 Å². The van der Waals surface area contributed by atoms with E-state index in [9.17, 15) is 9.59 Å². The van der Waals surface area contributed by atoms with Crippen LogP contribution in [0.3, 0.4) is 0 Å². The second kappa shape index (κ2) is 9.83. The molecule has 1 saturated heterocycles. The first-order chi connectivity index (χ1) is 17.1. The molecule has 0 saturated carbocycles. The minimum atomic E-state index is -0.927. The van der Waals surface area contributed by atoms with Crippen molar-refractivity contribution in [3.8, 4) is 29.1 Å². The van der Waals surface area contributed by atoms with E-state index in [0.717, 1.165) is 0 Å².